The van der Waals surface area contributed by atoms with Gasteiger partial charge in [-0.25, -0.2) is 0 Å². The number of aryl methyl sites for hydroxylation is 1. The highest BCUT2D eigenvalue weighted by atomic mass is 16.5. The van der Waals surface area contributed by atoms with Gasteiger partial charge in [0.05, 0.1) is 12.2 Å². The lowest BCUT2D eigenvalue weighted by Crippen LogP contribution is -2.54. The molecule has 0 aromatic carbocycles. The maximum absolute atomic E-state index is 5.30. The Morgan fingerprint density at radius 2 is 2.29 bits per heavy atom. The summed E-state index contributed by atoms with van der Waals surface area (Å²) < 4.78 is 5.30. The molecule has 1 aromatic rings. The van der Waals surface area contributed by atoms with E-state index in [1.54, 1.807) is 0 Å². The lowest BCUT2D eigenvalue weighted by atomic mass is 9.99. The van der Waals surface area contributed by atoms with Crippen LogP contribution in [0.15, 0.2) is 10.6 Å². The molecule has 2 aliphatic rings. The second-order valence-electron chi connectivity index (χ2n) is 5.36. The third-order valence-corrected chi connectivity index (χ3v) is 3.98. The number of hydrogen-bond donors (Lipinski definition) is 0. The van der Waals surface area contributed by atoms with Gasteiger partial charge in [0, 0.05) is 31.7 Å². The second kappa shape index (κ2) is 4.78. The standard InChI is InChI=1S/C13H21N3O/c1-11-8-13(17-14-11)10-15-6-7-16-5-3-2-4-12(16)9-15/h8,12H,2-7,9-10H2,1H3. The van der Waals surface area contributed by atoms with Gasteiger partial charge in [0.1, 0.15) is 0 Å². The van der Waals surface area contributed by atoms with E-state index in [9.17, 15) is 0 Å². The number of fused-ring (bicyclic) bond motifs is 1. The Kier molecular flexibility index (Phi) is 3.16. The Balaban J connectivity index is 1.58. The number of piperazine rings is 1. The van der Waals surface area contributed by atoms with Crippen LogP contribution in [0.4, 0.5) is 0 Å². The minimum atomic E-state index is 0.779. The number of rotatable bonds is 2. The van der Waals surface area contributed by atoms with Crippen molar-refractivity contribution in [2.24, 2.45) is 0 Å². The molecule has 0 saturated carbocycles. The number of piperidine rings is 1. The summed E-state index contributed by atoms with van der Waals surface area (Å²) in [5.74, 6) is 1.01. The van der Waals surface area contributed by atoms with Gasteiger partial charge < -0.3 is 4.52 Å². The first-order valence-corrected chi connectivity index (χ1v) is 6.70. The summed E-state index contributed by atoms with van der Waals surface area (Å²) in [4.78, 5) is 5.16. The highest BCUT2D eigenvalue weighted by Crippen LogP contribution is 2.22. The number of aromatic nitrogens is 1. The Bertz CT molecular complexity index is 376. The van der Waals surface area contributed by atoms with Crippen LogP contribution in [-0.2, 0) is 6.54 Å². The first kappa shape index (κ1) is 11.2. The van der Waals surface area contributed by atoms with Crippen molar-refractivity contribution < 1.29 is 4.52 Å². The van der Waals surface area contributed by atoms with Crippen LogP contribution in [0, 0.1) is 6.92 Å². The molecule has 0 amide bonds. The van der Waals surface area contributed by atoms with Crippen LogP contribution >= 0.6 is 0 Å². The molecule has 2 aliphatic heterocycles. The highest BCUT2D eigenvalue weighted by molar-refractivity contribution is 5.03. The summed E-state index contributed by atoms with van der Waals surface area (Å²) >= 11 is 0. The Morgan fingerprint density at radius 3 is 3.12 bits per heavy atom. The van der Waals surface area contributed by atoms with Crippen molar-refractivity contribution in [3.8, 4) is 0 Å². The van der Waals surface area contributed by atoms with Crippen LogP contribution < -0.4 is 0 Å². The van der Waals surface area contributed by atoms with Gasteiger partial charge in [-0.2, -0.15) is 0 Å². The van der Waals surface area contributed by atoms with E-state index in [4.69, 9.17) is 4.52 Å². The summed E-state index contributed by atoms with van der Waals surface area (Å²) in [5, 5.41) is 3.95. The van der Waals surface area contributed by atoms with E-state index in [1.807, 2.05) is 13.0 Å². The minimum absolute atomic E-state index is 0.779. The fourth-order valence-electron chi connectivity index (χ4n) is 3.08. The molecule has 0 N–H and O–H groups in total. The van der Waals surface area contributed by atoms with Gasteiger partial charge in [-0.05, 0) is 26.3 Å². The van der Waals surface area contributed by atoms with Crippen molar-refractivity contribution in [2.75, 3.05) is 26.2 Å². The van der Waals surface area contributed by atoms with Gasteiger partial charge in [-0.3, -0.25) is 9.80 Å². The van der Waals surface area contributed by atoms with Crippen molar-refractivity contribution in [3.63, 3.8) is 0 Å². The van der Waals surface area contributed by atoms with E-state index >= 15 is 0 Å². The molecule has 17 heavy (non-hydrogen) atoms. The van der Waals surface area contributed by atoms with Gasteiger partial charge >= 0.3 is 0 Å². The highest BCUT2D eigenvalue weighted by Gasteiger charge is 2.29. The molecule has 1 atom stereocenters. The fraction of sp³-hybridized carbons (Fsp3) is 0.769. The quantitative estimate of drug-likeness (QED) is 0.780. The normalized spacial score (nSPS) is 27.0. The predicted molar refractivity (Wildman–Crippen MR) is 65.7 cm³/mol. The molecule has 4 nitrogen and oxygen atoms in total. The van der Waals surface area contributed by atoms with Crippen LogP contribution in [0.25, 0.3) is 0 Å². The summed E-state index contributed by atoms with van der Waals surface area (Å²) in [6, 6.07) is 2.83. The third kappa shape index (κ3) is 2.53. The van der Waals surface area contributed by atoms with Crippen molar-refractivity contribution in [1.29, 1.82) is 0 Å². The molecule has 4 heteroatoms. The summed E-state index contributed by atoms with van der Waals surface area (Å²) in [6.07, 6.45) is 4.15. The summed E-state index contributed by atoms with van der Waals surface area (Å²) in [6.45, 7) is 7.78. The van der Waals surface area contributed by atoms with Crippen molar-refractivity contribution in [2.45, 2.75) is 38.8 Å². The number of nitrogens with zero attached hydrogens (tertiary/aromatic N) is 3. The predicted octanol–water partition coefficient (Wildman–Crippen LogP) is 1.65. The maximum atomic E-state index is 5.30. The third-order valence-electron chi connectivity index (χ3n) is 3.98. The maximum Gasteiger partial charge on any atom is 0.150 e. The molecule has 2 fully saturated rings. The van der Waals surface area contributed by atoms with E-state index in [0.29, 0.717) is 0 Å². The summed E-state index contributed by atoms with van der Waals surface area (Å²) in [5.41, 5.74) is 0.983. The zero-order valence-electron chi connectivity index (χ0n) is 10.6. The Hall–Kier alpha value is -0.870. The molecule has 0 aliphatic carbocycles. The monoisotopic (exact) mass is 235 g/mol. The van der Waals surface area contributed by atoms with E-state index in [-0.39, 0.29) is 0 Å². The average Bonchev–Trinajstić information content (AvgIpc) is 2.75. The largest absolute Gasteiger partial charge is 0.360 e. The van der Waals surface area contributed by atoms with Crippen LogP contribution in [0.1, 0.15) is 30.7 Å². The first-order chi connectivity index (χ1) is 8.31. The smallest absolute Gasteiger partial charge is 0.150 e. The molecule has 3 rings (SSSR count). The molecule has 1 aromatic heterocycles. The van der Waals surface area contributed by atoms with E-state index in [1.165, 1.54) is 38.9 Å². The average molecular weight is 235 g/mol. The SMILES string of the molecule is Cc1cc(CN2CCN3CCCCC3C2)on1. The number of hydrogen-bond acceptors (Lipinski definition) is 4. The molecule has 0 radical (unpaired) electrons. The van der Waals surface area contributed by atoms with E-state index in [2.05, 4.69) is 15.0 Å². The van der Waals surface area contributed by atoms with Gasteiger partial charge in [-0.15, -0.1) is 0 Å². The van der Waals surface area contributed by atoms with Gasteiger partial charge in [0.15, 0.2) is 5.76 Å². The lowest BCUT2D eigenvalue weighted by Gasteiger charge is -2.43. The Morgan fingerprint density at radius 1 is 1.35 bits per heavy atom. The van der Waals surface area contributed by atoms with Crippen LogP contribution in [-0.4, -0.2) is 47.2 Å². The van der Waals surface area contributed by atoms with Crippen molar-refractivity contribution in [3.05, 3.63) is 17.5 Å². The first-order valence-electron chi connectivity index (χ1n) is 6.70. The Labute approximate surface area is 103 Å². The summed E-state index contributed by atoms with van der Waals surface area (Å²) in [7, 11) is 0. The lowest BCUT2D eigenvalue weighted by molar-refractivity contribution is 0.0417. The fourth-order valence-corrected chi connectivity index (χ4v) is 3.08. The zero-order chi connectivity index (χ0) is 11.7. The van der Waals surface area contributed by atoms with Gasteiger partial charge in [0.25, 0.3) is 0 Å². The molecular formula is C13H21N3O. The van der Waals surface area contributed by atoms with Crippen LogP contribution in [0.2, 0.25) is 0 Å². The van der Waals surface area contributed by atoms with Crippen LogP contribution in [0.5, 0.6) is 0 Å². The molecule has 1 unspecified atom stereocenters. The topological polar surface area (TPSA) is 32.5 Å². The second-order valence-corrected chi connectivity index (χ2v) is 5.36. The van der Waals surface area contributed by atoms with Gasteiger partial charge in [-0.1, -0.05) is 11.6 Å². The van der Waals surface area contributed by atoms with Crippen LogP contribution in [0.3, 0.4) is 0 Å². The molecule has 0 spiro atoms. The van der Waals surface area contributed by atoms with E-state index in [0.717, 1.165) is 30.6 Å². The molecular weight excluding hydrogens is 214 g/mol. The van der Waals surface area contributed by atoms with Crippen molar-refractivity contribution >= 4 is 0 Å². The van der Waals surface area contributed by atoms with E-state index < -0.39 is 0 Å². The molecule has 3 heterocycles. The van der Waals surface area contributed by atoms with Gasteiger partial charge in [0.2, 0.25) is 0 Å². The molecule has 2 saturated heterocycles. The molecule has 0 bridgehead atoms. The minimum Gasteiger partial charge on any atom is -0.360 e. The zero-order valence-corrected chi connectivity index (χ0v) is 10.6. The van der Waals surface area contributed by atoms with Crippen molar-refractivity contribution in [1.82, 2.24) is 15.0 Å². The molecule has 94 valence electrons.